The first-order chi connectivity index (χ1) is 11.0. The lowest BCUT2D eigenvalue weighted by molar-refractivity contribution is 0.0781. The second-order valence-electron chi connectivity index (χ2n) is 5.20. The van der Waals surface area contributed by atoms with Crippen molar-refractivity contribution in [3.8, 4) is 0 Å². The minimum absolute atomic E-state index is 0.191. The molecule has 0 saturated carbocycles. The Hall–Kier alpha value is -2.66. The first-order valence-electron chi connectivity index (χ1n) is 7.03. The molecule has 0 radical (unpaired) electrons. The van der Waals surface area contributed by atoms with E-state index in [9.17, 15) is 9.59 Å². The number of nitrogens with one attached hydrogen (secondary N) is 1. The highest BCUT2D eigenvalue weighted by atomic mass is 35.5. The van der Waals surface area contributed by atoms with Gasteiger partial charge in [0.25, 0.3) is 11.5 Å². The number of aromatic amines is 1. The maximum atomic E-state index is 12.4. The van der Waals surface area contributed by atoms with Gasteiger partial charge in [-0.05, 0) is 30.3 Å². The van der Waals surface area contributed by atoms with Crippen molar-refractivity contribution in [1.29, 1.82) is 0 Å². The van der Waals surface area contributed by atoms with E-state index < -0.39 is 0 Å². The highest BCUT2D eigenvalue weighted by Crippen LogP contribution is 2.13. The van der Waals surface area contributed by atoms with Crippen LogP contribution in [0.5, 0.6) is 0 Å². The van der Waals surface area contributed by atoms with Crippen LogP contribution < -0.4 is 5.56 Å². The zero-order valence-corrected chi connectivity index (χ0v) is 13.2. The number of carbonyl (C=O) groups is 1. The van der Waals surface area contributed by atoms with Crippen molar-refractivity contribution in [3.63, 3.8) is 0 Å². The molecule has 23 heavy (non-hydrogen) atoms. The number of para-hydroxylation sites is 1. The quantitative estimate of drug-likeness (QED) is 0.804. The standard InChI is InChI=1S/C17H14ClN3O2/c1-21(17(23)11-5-4-6-12(18)9-11)10-15-19-14-8-3-2-7-13(14)16(22)20-15/h2-9H,10H2,1H3,(H,19,20,22). The Balaban J connectivity index is 1.86. The Labute approximate surface area is 137 Å². The molecule has 0 unspecified atom stereocenters. The number of carbonyl (C=O) groups excluding carboxylic acids is 1. The molecule has 5 nitrogen and oxygen atoms in total. The molecule has 0 aliphatic heterocycles. The minimum Gasteiger partial charge on any atom is -0.334 e. The van der Waals surface area contributed by atoms with Crippen molar-refractivity contribution >= 4 is 28.4 Å². The molecule has 116 valence electrons. The van der Waals surface area contributed by atoms with Crippen molar-refractivity contribution in [2.45, 2.75) is 6.54 Å². The van der Waals surface area contributed by atoms with Gasteiger partial charge in [-0.15, -0.1) is 0 Å². The highest BCUT2D eigenvalue weighted by molar-refractivity contribution is 6.30. The van der Waals surface area contributed by atoms with Crippen LogP contribution in [0, 0.1) is 0 Å². The van der Waals surface area contributed by atoms with Crippen LogP contribution in [0.4, 0.5) is 0 Å². The highest BCUT2D eigenvalue weighted by Gasteiger charge is 2.14. The van der Waals surface area contributed by atoms with Gasteiger partial charge in [0, 0.05) is 17.6 Å². The predicted molar refractivity (Wildman–Crippen MR) is 89.6 cm³/mol. The van der Waals surface area contributed by atoms with Gasteiger partial charge in [-0.25, -0.2) is 4.98 Å². The summed E-state index contributed by atoms with van der Waals surface area (Å²) in [6.45, 7) is 0.200. The molecule has 0 aliphatic rings. The second-order valence-corrected chi connectivity index (χ2v) is 5.64. The van der Waals surface area contributed by atoms with E-state index in [-0.39, 0.29) is 18.0 Å². The molecule has 0 bridgehead atoms. The number of amides is 1. The number of halogens is 1. The largest absolute Gasteiger partial charge is 0.334 e. The van der Waals surface area contributed by atoms with Gasteiger partial charge in [0.05, 0.1) is 17.4 Å². The van der Waals surface area contributed by atoms with Crippen LogP contribution in [0.15, 0.2) is 53.3 Å². The van der Waals surface area contributed by atoms with E-state index in [1.54, 1.807) is 49.5 Å². The third-order valence-electron chi connectivity index (χ3n) is 3.47. The Morgan fingerprint density at radius 2 is 2.00 bits per heavy atom. The van der Waals surface area contributed by atoms with Crippen LogP contribution in [0.3, 0.4) is 0 Å². The molecule has 1 aromatic heterocycles. The molecular formula is C17H14ClN3O2. The average Bonchev–Trinajstić information content (AvgIpc) is 2.54. The average molecular weight is 328 g/mol. The summed E-state index contributed by atoms with van der Waals surface area (Å²) < 4.78 is 0. The fourth-order valence-corrected chi connectivity index (χ4v) is 2.54. The third-order valence-corrected chi connectivity index (χ3v) is 3.70. The Kier molecular flexibility index (Phi) is 4.12. The molecule has 0 spiro atoms. The fourth-order valence-electron chi connectivity index (χ4n) is 2.35. The summed E-state index contributed by atoms with van der Waals surface area (Å²) in [4.78, 5) is 33.0. The first-order valence-corrected chi connectivity index (χ1v) is 7.41. The van der Waals surface area contributed by atoms with Crippen LogP contribution in [-0.4, -0.2) is 27.8 Å². The van der Waals surface area contributed by atoms with Crippen LogP contribution in [0.2, 0.25) is 5.02 Å². The topological polar surface area (TPSA) is 66.1 Å². The van der Waals surface area contributed by atoms with Gasteiger partial charge in [-0.1, -0.05) is 29.8 Å². The predicted octanol–water partition coefficient (Wildman–Crippen LogP) is 2.85. The van der Waals surface area contributed by atoms with Crippen LogP contribution in [0.25, 0.3) is 10.9 Å². The van der Waals surface area contributed by atoms with E-state index in [4.69, 9.17) is 11.6 Å². The molecule has 2 aromatic carbocycles. The van der Waals surface area contributed by atoms with Crippen molar-refractivity contribution in [3.05, 3.63) is 75.3 Å². The van der Waals surface area contributed by atoms with Gasteiger partial charge in [0.1, 0.15) is 5.82 Å². The smallest absolute Gasteiger partial charge is 0.258 e. The summed E-state index contributed by atoms with van der Waals surface area (Å²) in [7, 11) is 1.65. The van der Waals surface area contributed by atoms with Crippen molar-refractivity contribution in [2.75, 3.05) is 7.05 Å². The van der Waals surface area contributed by atoms with E-state index in [0.29, 0.717) is 27.3 Å². The van der Waals surface area contributed by atoms with Crippen molar-refractivity contribution < 1.29 is 4.79 Å². The zero-order chi connectivity index (χ0) is 16.4. The maximum absolute atomic E-state index is 12.4. The van der Waals surface area contributed by atoms with E-state index in [1.807, 2.05) is 6.07 Å². The Morgan fingerprint density at radius 1 is 1.22 bits per heavy atom. The van der Waals surface area contributed by atoms with Crippen LogP contribution in [0.1, 0.15) is 16.2 Å². The van der Waals surface area contributed by atoms with Crippen LogP contribution >= 0.6 is 11.6 Å². The number of fused-ring (bicyclic) bond motifs is 1. The lowest BCUT2D eigenvalue weighted by Gasteiger charge is -2.17. The van der Waals surface area contributed by atoms with Gasteiger partial charge < -0.3 is 9.88 Å². The normalized spacial score (nSPS) is 10.7. The van der Waals surface area contributed by atoms with E-state index >= 15 is 0 Å². The van der Waals surface area contributed by atoms with Gasteiger partial charge >= 0.3 is 0 Å². The maximum Gasteiger partial charge on any atom is 0.258 e. The molecule has 3 aromatic rings. The molecule has 1 N–H and O–H groups in total. The molecule has 6 heteroatoms. The van der Waals surface area contributed by atoms with Gasteiger partial charge in [-0.3, -0.25) is 9.59 Å². The lowest BCUT2D eigenvalue weighted by Crippen LogP contribution is -2.28. The fraction of sp³-hybridized carbons (Fsp3) is 0.118. The molecule has 0 aliphatic carbocycles. The number of hydrogen-bond acceptors (Lipinski definition) is 3. The third kappa shape index (κ3) is 3.24. The summed E-state index contributed by atoms with van der Waals surface area (Å²) in [6, 6.07) is 13.8. The summed E-state index contributed by atoms with van der Waals surface area (Å²) in [5.41, 5.74) is 0.882. The zero-order valence-electron chi connectivity index (χ0n) is 12.4. The number of rotatable bonds is 3. The Morgan fingerprint density at radius 3 is 2.78 bits per heavy atom. The summed E-state index contributed by atoms with van der Waals surface area (Å²) >= 11 is 5.91. The van der Waals surface area contributed by atoms with Gasteiger partial charge in [0.2, 0.25) is 0 Å². The lowest BCUT2D eigenvalue weighted by atomic mass is 10.2. The van der Waals surface area contributed by atoms with Gasteiger partial charge in [-0.2, -0.15) is 0 Å². The first kappa shape index (κ1) is 15.2. The molecule has 3 rings (SSSR count). The molecule has 1 heterocycles. The minimum atomic E-state index is -0.214. The summed E-state index contributed by atoms with van der Waals surface area (Å²) in [5, 5.41) is 1.03. The van der Waals surface area contributed by atoms with E-state index in [0.717, 1.165) is 0 Å². The molecule has 1 amide bonds. The molecule has 0 saturated heterocycles. The van der Waals surface area contributed by atoms with Crippen molar-refractivity contribution in [1.82, 2.24) is 14.9 Å². The molecule has 0 atom stereocenters. The van der Waals surface area contributed by atoms with Crippen molar-refractivity contribution in [2.24, 2.45) is 0 Å². The second kappa shape index (κ2) is 6.22. The monoisotopic (exact) mass is 327 g/mol. The van der Waals surface area contributed by atoms with Crippen LogP contribution in [-0.2, 0) is 6.54 Å². The number of aromatic nitrogens is 2. The Bertz CT molecular complexity index is 936. The summed E-state index contributed by atoms with van der Waals surface area (Å²) in [6.07, 6.45) is 0. The number of H-pyrrole nitrogens is 1. The van der Waals surface area contributed by atoms with Gasteiger partial charge in [0.15, 0.2) is 0 Å². The molecule has 0 fully saturated rings. The SMILES string of the molecule is CN(Cc1nc2ccccc2c(=O)[nH]1)C(=O)c1cccc(Cl)c1. The van der Waals surface area contributed by atoms with E-state index in [2.05, 4.69) is 9.97 Å². The number of hydrogen-bond donors (Lipinski definition) is 1. The number of benzene rings is 2. The molecular weight excluding hydrogens is 314 g/mol. The van der Waals surface area contributed by atoms with E-state index in [1.165, 1.54) is 4.90 Å². The summed E-state index contributed by atoms with van der Waals surface area (Å²) in [5.74, 6) is 0.245. The number of nitrogens with zero attached hydrogens (tertiary/aromatic N) is 2.